The maximum absolute atomic E-state index is 6.13. The van der Waals surface area contributed by atoms with Crippen LogP contribution < -0.4 is 10.1 Å². The van der Waals surface area contributed by atoms with Gasteiger partial charge in [-0.2, -0.15) is 0 Å². The number of rotatable bonds is 6. The second-order valence-corrected chi connectivity index (χ2v) is 6.84. The van der Waals surface area contributed by atoms with E-state index in [-0.39, 0.29) is 0 Å². The fourth-order valence-corrected chi connectivity index (χ4v) is 3.73. The highest BCUT2D eigenvalue weighted by Crippen LogP contribution is 2.22. The Morgan fingerprint density at radius 1 is 1.17 bits per heavy atom. The molecule has 4 nitrogen and oxygen atoms in total. The van der Waals surface area contributed by atoms with Crippen molar-refractivity contribution in [2.45, 2.75) is 38.4 Å². The lowest BCUT2D eigenvalue weighted by molar-refractivity contribution is -0.00620. The fraction of sp³-hybridized carbons (Fsp3) is 0.684. The van der Waals surface area contributed by atoms with Crippen molar-refractivity contribution in [3.05, 3.63) is 29.8 Å². The van der Waals surface area contributed by atoms with Crippen LogP contribution in [0.15, 0.2) is 24.3 Å². The van der Waals surface area contributed by atoms with Crippen molar-refractivity contribution >= 4 is 0 Å². The van der Waals surface area contributed by atoms with Gasteiger partial charge in [-0.3, -0.25) is 0 Å². The van der Waals surface area contributed by atoms with Gasteiger partial charge in [-0.05, 0) is 50.8 Å². The highest BCUT2D eigenvalue weighted by atomic mass is 16.5. The van der Waals surface area contributed by atoms with Gasteiger partial charge in [-0.15, -0.1) is 0 Å². The number of piperidine rings is 2. The Balaban J connectivity index is 1.39. The Kier molecular flexibility index (Phi) is 6.31. The molecule has 128 valence electrons. The number of hydrogen-bond donors (Lipinski definition) is 1. The summed E-state index contributed by atoms with van der Waals surface area (Å²) in [7, 11) is 1.72. The van der Waals surface area contributed by atoms with Crippen LogP contribution in [-0.4, -0.2) is 50.8 Å². The molecular weight excluding hydrogens is 288 g/mol. The Labute approximate surface area is 140 Å². The molecule has 2 fully saturated rings. The molecule has 0 aromatic heterocycles. The third-order valence-corrected chi connectivity index (χ3v) is 5.12. The first-order valence-electron chi connectivity index (χ1n) is 9.01. The van der Waals surface area contributed by atoms with Gasteiger partial charge in [0.2, 0.25) is 0 Å². The van der Waals surface area contributed by atoms with E-state index in [2.05, 4.69) is 16.3 Å². The lowest BCUT2D eigenvalue weighted by Gasteiger charge is -2.35. The molecule has 1 N–H and O–H groups in total. The summed E-state index contributed by atoms with van der Waals surface area (Å²) in [5, 5.41) is 3.52. The summed E-state index contributed by atoms with van der Waals surface area (Å²) in [4.78, 5) is 2.63. The van der Waals surface area contributed by atoms with Gasteiger partial charge in [0, 0.05) is 25.2 Å². The first-order valence-corrected chi connectivity index (χ1v) is 9.01. The minimum absolute atomic E-state index is 0.389. The van der Waals surface area contributed by atoms with Gasteiger partial charge >= 0.3 is 0 Å². The molecule has 1 atom stereocenters. The Morgan fingerprint density at radius 2 is 2.00 bits per heavy atom. The number of likely N-dealkylation sites (tertiary alicyclic amines) is 1. The zero-order valence-electron chi connectivity index (χ0n) is 14.3. The number of para-hydroxylation sites is 1. The van der Waals surface area contributed by atoms with Gasteiger partial charge in [0.15, 0.2) is 0 Å². The van der Waals surface area contributed by atoms with Crippen LogP contribution in [0.25, 0.3) is 0 Å². The smallest absolute Gasteiger partial charge is 0.124 e. The Bertz CT molecular complexity index is 466. The molecule has 0 aliphatic carbocycles. The van der Waals surface area contributed by atoms with Crippen LogP contribution in [0.2, 0.25) is 0 Å². The number of nitrogens with zero attached hydrogens (tertiary/aromatic N) is 1. The lowest BCUT2D eigenvalue weighted by Crippen LogP contribution is -2.43. The van der Waals surface area contributed by atoms with E-state index in [1.165, 1.54) is 45.6 Å². The minimum Gasteiger partial charge on any atom is -0.496 e. The van der Waals surface area contributed by atoms with Crippen molar-refractivity contribution in [2.75, 3.05) is 39.8 Å². The van der Waals surface area contributed by atoms with Crippen molar-refractivity contribution in [1.29, 1.82) is 0 Å². The summed E-state index contributed by atoms with van der Waals surface area (Å²) in [5.74, 6) is 1.77. The van der Waals surface area contributed by atoms with Gasteiger partial charge < -0.3 is 19.7 Å². The van der Waals surface area contributed by atoms with E-state index in [0.717, 1.165) is 30.1 Å². The van der Waals surface area contributed by atoms with Crippen LogP contribution in [0.4, 0.5) is 0 Å². The normalized spacial score (nSPS) is 23.8. The van der Waals surface area contributed by atoms with Crippen molar-refractivity contribution < 1.29 is 9.47 Å². The molecule has 0 saturated carbocycles. The van der Waals surface area contributed by atoms with Gasteiger partial charge in [-0.25, -0.2) is 0 Å². The second-order valence-electron chi connectivity index (χ2n) is 6.84. The maximum Gasteiger partial charge on any atom is 0.124 e. The number of hydrogen-bond acceptors (Lipinski definition) is 4. The Hall–Kier alpha value is -1.10. The molecule has 0 amide bonds. The van der Waals surface area contributed by atoms with Crippen molar-refractivity contribution in [3.8, 4) is 5.75 Å². The van der Waals surface area contributed by atoms with Crippen LogP contribution in [0.3, 0.4) is 0 Å². The molecule has 1 unspecified atom stereocenters. The molecule has 1 aromatic carbocycles. The molecular formula is C19H30N2O2. The summed E-state index contributed by atoms with van der Waals surface area (Å²) < 4.78 is 11.5. The summed E-state index contributed by atoms with van der Waals surface area (Å²) in [6, 6.07) is 8.13. The van der Waals surface area contributed by atoms with Gasteiger partial charge in [0.05, 0.1) is 19.8 Å². The maximum atomic E-state index is 6.13. The van der Waals surface area contributed by atoms with E-state index >= 15 is 0 Å². The largest absolute Gasteiger partial charge is 0.496 e. The highest BCUT2D eigenvalue weighted by molar-refractivity contribution is 5.32. The average molecular weight is 318 g/mol. The van der Waals surface area contributed by atoms with E-state index in [0.29, 0.717) is 12.7 Å². The first kappa shape index (κ1) is 16.7. The van der Waals surface area contributed by atoms with Crippen molar-refractivity contribution in [1.82, 2.24) is 10.2 Å². The van der Waals surface area contributed by atoms with Crippen molar-refractivity contribution in [2.24, 2.45) is 5.92 Å². The molecule has 2 aliphatic heterocycles. The van der Waals surface area contributed by atoms with E-state index in [9.17, 15) is 0 Å². The van der Waals surface area contributed by atoms with E-state index in [4.69, 9.17) is 9.47 Å². The third kappa shape index (κ3) is 4.93. The molecule has 0 bridgehead atoms. The molecule has 4 heteroatoms. The van der Waals surface area contributed by atoms with E-state index in [1.807, 2.05) is 18.2 Å². The summed E-state index contributed by atoms with van der Waals surface area (Å²) >= 11 is 0. The average Bonchev–Trinajstić information content (AvgIpc) is 2.62. The van der Waals surface area contributed by atoms with Crippen LogP contribution in [-0.2, 0) is 11.3 Å². The number of methoxy groups -OCH3 is 1. The zero-order chi connectivity index (χ0) is 15.9. The molecule has 0 spiro atoms. The van der Waals surface area contributed by atoms with Crippen molar-refractivity contribution in [3.63, 3.8) is 0 Å². The quantitative estimate of drug-likeness (QED) is 0.874. The molecule has 2 saturated heterocycles. The SMILES string of the molecule is COc1ccccc1COC1CCN(CC2CCCNC2)CC1. The van der Waals surface area contributed by atoms with Crippen LogP contribution >= 0.6 is 0 Å². The van der Waals surface area contributed by atoms with Gasteiger partial charge in [0.1, 0.15) is 5.75 Å². The molecule has 1 aromatic rings. The van der Waals surface area contributed by atoms with E-state index in [1.54, 1.807) is 7.11 Å². The van der Waals surface area contributed by atoms with Gasteiger partial charge in [-0.1, -0.05) is 18.2 Å². The van der Waals surface area contributed by atoms with Gasteiger partial charge in [0.25, 0.3) is 0 Å². The molecule has 2 heterocycles. The number of nitrogens with one attached hydrogen (secondary N) is 1. The fourth-order valence-electron chi connectivity index (χ4n) is 3.73. The summed E-state index contributed by atoms with van der Waals surface area (Å²) in [6.45, 7) is 6.66. The molecule has 0 radical (unpaired) electrons. The van der Waals surface area contributed by atoms with Crippen LogP contribution in [0.1, 0.15) is 31.2 Å². The number of benzene rings is 1. The summed E-state index contributed by atoms with van der Waals surface area (Å²) in [5.41, 5.74) is 1.14. The predicted molar refractivity (Wildman–Crippen MR) is 92.8 cm³/mol. The summed E-state index contributed by atoms with van der Waals surface area (Å²) in [6.07, 6.45) is 5.41. The molecule has 3 rings (SSSR count). The minimum atomic E-state index is 0.389. The standard InChI is InChI=1S/C19H30N2O2/c1-22-19-7-3-2-6-17(19)15-23-18-8-11-21(12-9-18)14-16-5-4-10-20-13-16/h2-3,6-7,16,18,20H,4-5,8-15H2,1H3. The highest BCUT2D eigenvalue weighted by Gasteiger charge is 2.23. The predicted octanol–water partition coefficient (Wildman–Crippen LogP) is 2.68. The van der Waals surface area contributed by atoms with Crippen LogP contribution in [0, 0.1) is 5.92 Å². The third-order valence-electron chi connectivity index (χ3n) is 5.12. The zero-order valence-corrected chi connectivity index (χ0v) is 14.3. The molecule has 23 heavy (non-hydrogen) atoms. The first-order chi connectivity index (χ1) is 11.3. The Morgan fingerprint density at radius 3 is 2.74 bits per heavy atom. The topological polar surface area (TPSA) is 33.7 Å². The van der Waals surface area contributed by atoms with E-state index < -0.39 is 0 Å². The molecule has 2 aliphatic rings. The second kappa shape index (κ2) is 8.67. The number of ether oxygens (including phenoxy) is 2. The monoisotopic (exact) mass is 318 g/mol. The lowest BCUT2D eigenvalue weighted by atomic mass is 9.97. The van der Waals surface area contributed by atoms with Crippen LogP contribution in [0.5, 0.6) is 5.75 Å².